The van der Waals surface area contributed by atoms with E-state index in [4.69, 9.17) is 5.11 Å². The summed E-state index contributed by atoms with van der Waals surface area (Å²) in [6.07, 6.45) is 6.81. The molecule has 1 aliphatic rings. The molecule has 0 aromatic heterocycles. The Bertz CT molecular complexity index is 665. The average Bonchev–Trinajstić information content (AvgIpc) is 2.80. The highest BCUT2D eigenvalue weighted by Crippen LogP contribution is 2.25. The van der Waals surface area contributed by atoms with Crippen LogP contribution in [0, 0.1) is 0 Å². The third kappa shape index (κ3) is 4.95. The number of benzene rings is 1. The Morgan fingerprint density at radius 1 is 1.21 bits per heavy atom. The lowest BCUT2D eigenvalue weighted by Crippen LogP contribution is -2.35. The minimum Gasteiger partial charge on any atom is -0.478 e. The van der Waals surface area contributed by atoms with Crippen LogP contribution in [0.15, 0.2) is 23.1 Å². The van der Waals surface area contributed by atoms with Crippen LogP contribution in [0.2, 0.25) is 0 Å². The molecular formula is C17H26N2O4S. The number of aromatic carboxylic acids is 1. The number of carbonyl (C=O) groups is 1. The van der Waals surface area contributed by atoms with Crippen LogP contribution in [-0.2, 0) is 10.0 Å². The maximum atomic E-state index is 12.8. The van der Waals surface area contributed by atoms with E-state index >= 15 is 0 Å². The monoisotopic (exact) mass is 354 g/mol. The zero-order valence-electron chi connectivity index (χ0n) is 14.0. The molecule has 1 fully saturated rings. The molecule has 0 radical (unpaired) electrons. The van der Waals surface area contributed by atoms with Crippen molar-refractivity contribution in [2.45, 2.75) is 62.8 Å². The zero-order chi connectivity index (χ0) is 17.6. The molecule has 0 amide bonds. The summed E-state index contributed by atoms with van der Waals surface area (Å²) < 4.78 is 28.4. The first kappa shape index (κ1) is 18.7. The Morgan fingerprint density at radius 3 is 2.46 bits per heavy atom. The first-order valence-corrected chi connectivity index (χ1v) is 10.1. The number of carboxylic acids is 1. The van der Waals surface area contributed by atoms with Crippen molar-refractivity contribution in [3.05, 3.63) is 23.8 Å². The fourth-order valence-corrected chi connectivity index (χ4v) is 4.48. The van der Waals surface area contributed by atoms with Crippen LogP contribution in [0.25, 0.3) is 0 Å². The highest BCUT2D eigenvalue weighted by atomic mass is 32.2. The van der Waals surface area contributed by atoms with Gasteiger partial charge in [-0.05, 0) is 37.5 Å². The fourth-order valence-electron chi connectivity index (χ4n) is 2.96. The van der Waals surface area contributed by atoms with E-state index in [-0.39, 0.29) is 16.5 Å². The number of hydrogen-bond acceptors (Lipinski definition) is 4. The molecule has 6 nitrogen and oxygen atoms in total. The smallest absolute Gasteiger partial charge is 0.335 e. The Kier molecular flexibility index (Phi) is 6.62. The molecular weight excluding hydrogens is 328 g/mol. The second-order valence-corrected chi connectivity index (χ2v) is 7.94. The van der Waals surface area contributed by atoms with E-state index in [1.807, 2.05) is 6.92 Å². The van der Waals surface area contributed by atoms with E-state index in [9.17, 15) is 13.2 Å². The van der Waals surface area contributed by atoms with Crippen molar-refractivity contribution in [2.24, 2.45) is 0 Å². The van der Waals surface area contributed by atoms with Crippen molar-refractivity contribution in [1.29, 1.82) is 0 Å². The van der Waals surface area contributed by atoms with Gasteiger partial charge in [-0.2, -0.15) is 0 Å². The summed E-state index contributed by atoms with van der Waals surface area (Å²) in [4.78, 5) is 11.2. The first-order valence-electron chi connectivity index (χ1n) is 8.57. The summed E-state index contributed by atoms with van der Waals surface area (Å²) in [5.41, 5.74) is 0.418. The molecule has 1 aliphatic carbocycles. The topological polar surface area (TPSA) is 95.5 Å². The number of hydrogen-bond donors (Lipinski definition) is 3. The average molecular weight is 354 g/mol. The summed E-state index contributed by atoms with van der Waals surface area (Å²) >= 11 is 0. The summed E-state index contributed by atoms with van der Waals surface area (Å²) in [5.74, 6) is -1.14. The normalized spacial score (nSPS) is 16.5. The van der Waals surface area contributed by atoms with Crippen LogP contribution in [-0.4, -0.2) is 32.1 Å². The molecule has 0 saturated heterocycles. The van der Waals surface area contributed by atoms with E-state index < -0.39 is 16.0 Å². The van der Waals surface area contributed by atoms with E-state index in [0.717, 1.165) is 44.9 Å². The van der Waals surface area contributed by atoms with E-state index in [0.29, 0.717) is 12.2 Å². The molecule has 134 valence electrons. The van der Waals surface area contributed by atoms with Gasteiger partial charge in [0.15, 0.2) is 0 Å². The molecule has 0 spiro atoms. The number of carboxylic acid groups (broad SMARTS) is 1. The summed E-state index contributed by atoms with van der Waals surface area (Å²) in [7, 11) is -3.77. The second-order valence-electron chi connectivity index (χ2n) is 6.25. The Hall–Kier alpha value is -1.60. The Balaban J connectivity index is 2.30. The number of anilines is 1. The molecule has 3 N–H and O–H groups in total. The van der Waals surface area contributed by atoms with Gasteiger partial charge in [0.25, 0.3) is 0 Å². The highest BCUT2D eigenvalue weighted by Gasteiger charge is 2.24. The lowest BCUT2D eigenvalue weighted by atomic mass is 10.1. The highest BCUT2D eigenvalue weighted by molar-refractivity contribution is 7.89. The van der Waals surface area contributed by atoms with Gasteiger partial charge in [-0.25, -0.2) is 17.9 Å². The van der Waals surface area contributed by atoms with Crippen LogP contribution in [0.4, 0.5) is 5.69 Å². The number of nitrogens with one attached hydrogen (secondary N) is 2. The Morgan fingerprint density at radius 2 is 1.88 bits per heavy atom. The lowest BCUT2D eigenvalue weighted by molar-refractivity contribution is 0.0696. The molecule has 1 saturated carbocycles. The summed E-state index contributed by atoms with van der Waals surface area (Å²) in [6.45, 7) is 2.61. The van der Waals surface area contributed by atoms with Crippen molar-refractivity contribution in [2.75, 3.05) is 11.9 Å². The third-order valence-electron chi connectivity index (χ3n) is 4.26. The van der Waals surface area contributed by atoms with E-state index in [1.165, 1.54) is 18.2 Å². The molecule has 0 aliphatic heterocycles. The van der Waals surface area contributed by atoms with Crippen LogP contribution in [0.3, 0.4) is 0 Å². The van der Waals surface area contributed by atoms with Crippen molar-refractivity contribution < 1.29 is 18.3 Å². The van der Waals surface area contributed by atoms with Crippen LogP contribution >= 0.6 is 0 Å². The van der Waals surface area contributed by atoms with Crippen LogP contribution < -0.4 is 10.0 Å². The van der Waals surface area contributed by atoms with Gasteiger partial charge in [-0.1, -0.05) is 32.6 Å². The van der Waals surface area contributed by atoms with E-state index in [1.54, 1.807) is 0 Å². The summed E-state index contributed by atoms with van der Waals surface area (Å²) in [5, 5.41) is 12.2. The molecule has 7 heteroatoms. The van der Waals surface area contributed by atoms with Crippen molar-refractivity contribution in [3.63, 3.8) is 0 Å². The second kappa shape index (κ2) is 8.48. The molecule has 1 aromatic carbocycles. The van der Waals surface area contributed by atoms with Gasteiger partial charge in [-0.15, -0.1) is 0 Å². The molecule has 0 bridgehead atoms. The van der Waals surface area contributed by atoms with Crippen LogP contribution in [0.1, 0.15) is 62.2 Å². The molecule has 2 rings (SSSR count). The fraction of sp³-hybridized carbons (Fsp3) is 0.588. The SMILES string of the molecule is CCCNc1ccc(C(=O)O)cc1S(=O)(=O)NC1CCCCCC1. The molecule has 24 heavy (non-hydrogen) atoms. The van der Waals surface area contributed by atoms with Gasteiger partial charge in [0.05, 0.1) is 11.3 Å². The van der Waals surface area contributed by atoms with Crippen LogP contribution in [0.5, 0.6) is 0 Å². The quantitative estimate of drug-likeness (QED) is 0.654. The van der Waals surface area contributed by atoms with E-state index in [2.05, 4.69) is 10.0 Å². The predicted molar refractivity (Wildman–Crippen MR) is 94.0 cm³/mol. The van der Waals surface area contributed by atoms with Crippen molar-refractivity contribution in [1.82, 2.24) is 4.72 Å². The Labute approximate surface area is 143 Å². The minimum absolute atomic E-state index is 0.0140. The van der Waals surface area contributed by atoms with Gasteiger partial charge in [0, 0.05) is 12.6 Å². The van der Waals surface area contributed by atoms with Gasteiger partial charge in [0.1, 0.15) is 4.90 Å². The predicted octanol–water partition coefficient (Wildman–Crippen LogP) is 3.21. The van der Waals surface area contributed by atoms with Crippen molar-refractivity contribution >= 4 is 21.7 Å². The van der Waals surface area contributed by atoms with Gasteiger partial charge in [0.2, 0.25) is 10.0 Å². The number of rotatable bonds is 7. The maximum absolute atomic E-state index is 12.8. The summed E-state index contributed by atoms with van der Waals surface area (Å²) in [6, 6.07) is 4.11. The standard InChI is InChI=1S/C17H26N2O4S/c1-2-11-18-15-10-9-13(17(20)21)12-16(15)24(22,23)19-14-7-5-3-4-6-8-14/h9-10,12,14,18-19H,2-8,11H2,1H3,(H,20,21). The minimum atomic E-state index is -3.77. The van der Waals surface area contributed by atoms with Crippen molar-refractivity contribution in [3.8, 4) is 0 Å². The third-order valence-corrected chi connectivity index (χ3v) is 5.82. The van der Waals surface area contributed by atoms with Gasteiger partial charge >= 0.3 is 5.97 Å². The number of sulfonamides is 1. The molecule has 0 atom stereocenters. The molecule has 0 unspecified atom stereocenters. The lowest BCUT2D eigenvalue weighted by Gasteiger charge is -2.19. The first-order chi connectivity index (χ1) is 11.4. The maximum Gasteiger partial charge on any atom is 0.335 e. The molecule has 0 heterocycles. The molecule has 1 aromatic rings. The van der Waals surface area contributed by atoms with Gasteiger partial charge < -0.3 is 10.4 Å². The largest absolute Gasteiger partial charge is 0.478 e. The zero-order valence-corrected chi connectivity index (χ0v) is 14.9. The van der Waals surface area contributed by atoms with Gasteiger partial charge in [-0.3, -0.25) is 0 Å².